The van der Waals surface area contributed by atoms with E-state index in [1.807, 2.05) is 4.31 Å². The minimum Gasteiger partial charge on any atom is -0.484 e. The van der Waals surface area contributed by atoms with Crippen LogP contribution in [0.3, 0.4) is 0 Å². The first-order chi connectivity index (χ1) is 13.9. The van der Waals surface area contributed by atoms with Gasteiger partial charge in [0.1, 0.15) is 17.6 Å². The first-order valence-corrected chi connectivity index (χ1v) is 10.4. The maximum atomic E-state index is 13.3. The van der Waals surface area contributed by atoms with E-state index in [0.717, 1.165) is 18.9 Å². The molecule has 2 unspecified atom stereocenters. The average Bonchev–Trinajstić information content (AvgIpc) is 3.46. The summed E-state index contributed by atoms with van der Waals surface area (Å²) >= 11 is 6.81. The van der Waals surface area contributed by atoms with Gasteiger partial charge in [-0.15, -0.1) is 0 Å². The van der Waals surface area contributed by atoms with Crippen molar-refractivity contribution in [3.05, 3.63) is 41.3 Å². The number of hydrogen-bond acceptors (Lipinski definition) is 6. The Bertz CT molecular complexity index is 742. The maximum Gasteiger partial charge on any atom is 0.262 e. The Balaban J connectivity index is 0.00000450. The molecule has 1 aliphatic heterocycles. The first-order valence-electron chi connectivity index (χ1n) is 9.30. The number of halogens is 2. The third-order valence-corrected chi connectivity index (χ3v) is 5.08. The molecule has 2 atom stereocenters. The average molecular weight is 480 g/mol. The lowest BCUT2D eigenvalue weighted by Crippen LogP contribution is -2.33. The SMILES string of the molecule is C=C(CCNC(=O)C1CN1SOCCCC)NC(=O)COc1ccc(Cl)c(F)c1.S. The highest BCUT2D eigenvalue weighted by Gasteiger charge is 2.41. The maximum absolute atomic E-state index is 13.3. The summed E-state index contributed by atoms with van der Waals surface area (Å²) in [4.78, 5) is 23.9. The largest absolute Gasteiger partial charge is 0.484 e. The molecule has 1 aliphatic rings. The second-order valence-corrected chi connectivity index (χ2v) is 7.68. The van der Waals surface area contributed by atoms with E-state index in [0.29, 0.717) is 31.8 Å². The summed E-state index contributed by atoms with van der Waals surface area (Å²) in [5.74, 6) is -0.926. The highest BCUT2D eigenvalue weighted by Crippen LogP contribution is 2.28. The van der Waals surface area contributed by atoms with Crippen molar-refractivity contribution in [2.45, 2.75) is 32.2 Å². The van der Waals surface area contributed by atoms with Crippen molar-refractivity contribution < 1.29 is 22.9 Å². The van der Waals surface area contributed by atoms with E-state index in [9.17, 15) is 14.0 Å². The number of carbonyl (C=O) groups is 2. The van der Waals surface area contributed by atoms with Gasteiger partial charge < -0.3 is 19.6 Å². The fourth-order valence-corrected chi connectivity index (χ4v) is 3.04. The summed E-state index contributed by atoms with van der Waals surface area (Å²) in [6, 6.07) is 3.74. The van der Waals surface area contributed by atoms with Gasteiger partial charge >= 0.3 is 0 Å². The molecule has 0 spiro atoms. The Morgan fingerprint density at radius 1 is 1.43 bits per heavy atom. The van der Waals surface area contributed by atoms with Gasteiger partial charge in [0, 0.05) is 31.3 Å². The van der Waals surface area contributed by atoms with Gasteiger partial charge in [-0.3, -0.25) is 9.59 Å². The molecule has 30 heavy (non-hydrogen) atoms. The summed E-state index contributed by atoms with van der Waals surface area (Å²) in [7, 11) is 0. The number of rotatable bonds is 13. The molecule has 0 bridgehead atoms. The molecule has 0 aliphatic carbocycles. The normalized spacial score (nSPS) is 16.9. The van der Waals surface area contributed by atoms with Crippen LogP contribution < -0.4 is 15.4 Å². The van der Waals surface area contributed by atoms with Crippen LogP contribution in [0.4, 0.5) is 4.39 Å². The van der Waals surface area contributed by atoms with Gasteiger partial charge in [-0.2, -0.15) is 13.5 Å². The van der Waals surface area contributed by atoms with Crippen LogP contribution in [0.15, 0.2) is 30.5 Å². The Labute approximate surface area is 192 Å². The quantitative estimate of drug-likeness (QED) is 0.196. The molecule has 1 saturated heterocycles. The molecule has 1 aromatic carbocycles. The number of nitrogens with zero attached hydrogens (tertiary/aromatic N) is 1. The van der Waals surface area contributed by atoms with Gasteiger partial charge in [0.05, 0.1) is 23.9 Å². The van der Waals surface area contributed by atoms with Crippen LogP contribution in [0.5, 0.6) is 5.75 Å². The lowest BCUT2D eigenvalue weighted by molar-refractivity contribution is -0.122. The number of unbranched alkanes of at least 4 members (excludes halogenated alkanes) is 1. The second-order valence-electron chi connectivity index (χ2n) is 6.42. The van der Waals surface area contributed by atoms with Gasteiger partial charge in [-0.1, -0.05) is 31.5 Å². The van der Waals surface area contributed by atoms with E-state index in [-0.39, 0.29) is 42.8 Å². The standard InChI is InChI=1S/C19H25ClFN3O4S.H2S/c1-3-4-9-28-29-24-11-17(24)19(26)22-8-7-13(2)23-18(25)12-27-14-5-6-15(20)16(21)10-14;/h5-6,10,17H,2-4,7-9,11-12H2,1H3,(H,22,26)(H,23,25);1H2. The molecule has 1 fully saturated rings. The number of benzene rings is 1. The van der Waals surface area contributed by atoms with Crippen molar-refractivity contribution in [1.82, 2.24) is 14.9 Å². The molecule has 2 rings (SSSR count). The van der Waals surface area contributed by atoms with Crippen LogP contribution >= 0.6 is 37.3 Å². The molecular formula is C19H27ClFN3O4S2. The van der Waals surface area contributed by atoms with E-state index in [4.69, 9.17) is 20.5 Å². The Hall–Kier alpha value is -1.46. The first kappa shape index (κ1) is 26.6. The lowest BCUT2D eigenvalue weighted by atomic mass is 10.3. The zero-order chi connectivity index (χ0) is 21.2. The highest BCUT2D eigenvalue weighted by atomic mass is 35.5. The van der Waals surface area contributed by atoms with Crippen LogP contribution in [-0.2, 0) is 13.8 Å². The van der Waals surface area contributed by atoms with Crippen molar-refractivity contribution in [3.8, 4) is 5.75 Å². The van der Waals surface area contributed by atoms with E-state index >= 15 is 0 Å². The van der Waals surface area contributed by atoms with Gasteiger partial charge in [0.15, 0.2) is 6.61 Å². The van der Waals surface area contributed by atoms with E-state index in [1.165, 1.54) is 24.4 Å². The monoisotopic (exact) mass is 479 g/mol. The summed E-state index contributed by atoms with van der Waals surface area (Å²) in [5, 5.41) is 5.36. The Kier molecular flexibility index (Phi) is 12.2. The molecule has 1 aromatic rings. The van der Waals surface area contributed by atoms with Gasteiger partial charge in [-0.05, 0) is 18.6 Å². The summed E-state index contributed by atoms with van der Waals surface area (Å²) < 4.78 is 25.8. The topological polar surface area (TPSA) is 79.7 Å². The van der Waals surface area contributed by atoms with E-state index < -0.39 is 11.7 Å². The predicted molar refractivity (Wildman–Crippen MR) is 121 cm³/mol. The van der Waals surface area contributed by atoms with Crippen molar-refractivity contribution in [2.75, 3.05) is 26.3 Å². The number of hydrogen-bond donors (Lipinski definition) is 2. The van der Waals surface area contributed by atoms with Crippen molar-refractivity contribution in [2.24, 2.45) is 0 Å². The molecular weight excluding hydrogens is 453 g/mol. The number of amides is 2. The molecule has 2 amide bonds. The Morgan fingerprint density at radius 2 is 2.20 bits per heavy atom. The number of ether oxygens (including phenoxy) is 1. The summed E-state index contributed by atoms with van der Waals surface area (Å²) in [5.41, 5.74) is 0.450. The van der Waals surface area contributed by atoms with Crippen LogP contribution in [0.25, 0.3) is 0 Å². The highest BCUT2D eigenvalue weighted by molar-refractivity contribution is 7.92. The molecule has 11 heteroatoms. The van der Waals surface area contributed by atoms with Gasteiger partial charge in [-0.25, -0.2) is 8.70 Å². The predicted octanol–water partition coefficient (Wildman–Crippen LogP) is 3.17. The van der Waals surface area contributed by atoms with Crippen LogP contribution in [0.1, 0.15) is 26.2 Å². The third-order valence-electron chi connectivity index (χ3n) is 3.90. The minimum atomic E-state index is -0.620. The second kappa shape index (κ2) is 13.8. The molecule has 1 heterocycles. The minimum absolute atomic E-state index is 0. The smallest absolute Gasteiger partial charge is 0.262 e. The van der Waals surface area contributed by atoms with Crippen LogP contribution in [0, 0.1) is 5.82 Å². The van der Waals surface area contributed by atoms with E-state index in [1.54, 1.807) is 0 Å². The molecule has 0 aromatic heterocycles. The molecule has 0 saturated carbocycles. The Morgan fingerprint density at radius 3 is 2.90 bits per heavy atom. The number of nitrogens with one attached hydrogen (secondary N) is 2. The van der Waals surface area contributed by atoms with Crippen LogP contribution in [0.2, 0.25) is 5.02 Å². The zero-order valence-corrected chi connectivity index (χ0v) is 19.3. The summed E-state index contributed by atoms with van der Waals surface area (Å²) in [6.45, 7) is 7.23. The van der Waals surface area contributed by atoms with Crippen molar-refractivity contribution in [3.63, 3.8) is 0 Å². The fraction of sp³-hybridized carbons (Fsp3) is 0.474. The molecule has 168 valence electrons. The fourth-order valence-electron chi connectivity index (χ4n) is 2.19. The lowest BCUT2D eigenvalue weighted by Gasteiger charge is -2.10. The zero-order valence-electron chi connectivity index (χ0n) is 16.7. The van der Waals surface area contributed by atoms with Gasteiger partial charge in [0.2, 0.25) is 5.91 Å². The molecule has 0 radical (unpaired) electrons. The van der Waals surface area contributed by atoms with Gasteiger partial charge in [0.25, 0.3) is 5.91 Å². The van der Waals surface area contributed by atoms with E-state index in [2.05, 4.69) is 24.1 Å². The van der Waals surface area contributed by atoms with Crippen molar-refractivity contribution >= 4 is 49.1 Å². The summed E-state index contributed by atoms with van der Waals surface area (Å²) in [6.07, 6.45) is 2.45. The third kappa shape index (κ3) is 9.57. The van der Waals surface area contributed by atoms with Crippen molar-refractivity contribution in [1.29, 1.82) is 0 Å². The molecule has 7 nitrogen and oxygen atoms in total. The number of carbonyl (C=O) groups excluding carboxylic acids is 2. The molecule has 2 N–H and O–H groups in total. The van der Waals surface area contributed by atoms with Crippen LogP contribution in [-0.4, -0.2) is 48.5 Å².